The molecule has 0 aliphatic rings. The molecule has 142 valence electrons. The molecule has 27 heavy (non-hydrogen) atoms. The molecule has 0 radical (unpaired) electrons. The normalized spacial score (nSPS) is 10.8. The van der Waals surface area contributed by atoms with E-state index in [2.05, 4.69) is 17.2 Å². The van der Waals surface area contributed by atoms with Crippen molar-refractivity contribution >= 4 is 5.91 Å². The summed E-state index contributed by atoms with van der Waals surface area (Å²) in [4.78, 5) is 14.1. The fourth-order valence-electron chi connectivity index (χ4n) is 2.66. The fraction of sp³-hybridized carbons (Fsp3) is 0.350. The third-order valence-electron chi connectivity index (χ3n) is 4.60. The molecule has 0 saturated carbocycles. The van der Waals surface area contributed by atoms with Crippen molar-refractivity contribution < 1.29 is 14.1 Å². The number of carbonyl (C=O) groups is 1. The van der Waals surface area contributed by atoms with Crippen LogP contribution in [0.5, 0.6) is 5.75 Å². The van der Waals surface area contributed by atoms with E-state index in [0.29, 0.717) is 18.9 Å². The molecule has 0 atom stereocenters. The first kappa shape index (κ1) is 18.7. The summed E-state index contributed by atoms with van der Waals surface area (Å²) in [6.45, 7) is 4.90. The number of likely N-dealkylation sites (N-methyl/N-ethyl adjacent to an activating group) is 1. The summed E-state index contributed by atoms with van der Waals surface area (Å²) < 4.78 is 12.8. The smallest absolute Gasteiger partial charge is 0.275 e. The van der Waals surface area contributed by atoms with Crippen LogP contribution in [0.25, 0.3) is 11.3 Å². The highest BCUT2D eigenvalue weighted by Crippen LogP contribution is 2.23. The van der Waals surface area contributed by atoms with Crippen LogP contribution in [0.3, 0.4) is 0 Å². The number of hydrogen-bond donors (Lipinski definition) is 0. The first-order valence-corrected chi connectivity index (χ1v) is 8.92. The van der Waals surface area contributed by atoms with E-state index in [-0.39, 0.29) is 11.6 Å². The second-order valence-corrected chi connectivity index (χ2v) is 6.42. The molecule has 0 bridgehead atoms. The predicted molar refractivity (Wildman–Crippen MR) is 102 cm³/mol. The lowest BCUT2D eigenvalue weighted by Crippen LogP contribution is -2.31. The molecular formula is C20H24N4O3. The van der Waals surface area contributed by atoms with Crippen molar-refractivity contribution in [2.24, 2.45) is 7.05 Å². The van der Waals surface area contributed by atoms with Crippen molar-refractivity contribution in [2.75, 3.05) is 20.2 Å². The monoisotopic (exact) mass is 368 g/mol. The lowest BCUT2D eigenvalue weighted by atomic mass is 10.2. The van der Waals surface area contributed by atoms with Crippen LogP contribution in [0, 0.1) is 6.92 Å². The van der Waals surface area contributed by atoms with Gasteiger partial charge < -0.3 is 14.2 Å². The number of amides is 1. The molecule has 0 spiro atoms. The third-order valence-corrected chi connectivity index (χ3v) is 4.60. The summed E-state index contributed by atoms with van der Waals surface area (Å²) in [5, 5.41) is 8.08. The van der Waals surface area contributed by atoms with Gasteiger partial charge in [0.15, 0.2) is 11.5 Å². The third kappa shape index (κ3) is 4.19. The van der Waals surface area contributed by atoms with E-state index in [1.54, 1.807) is 28.9 Å². The van der Waals surface area contributed by atoms with Gasteiger partial charge >= 0.3 is 0 Å². The Hall–Kier alpha value is -3.09. The van der Waals surface area contributed by atoms with Gasteiger partial charge in [-0.2, -0.15) is 5.10 Å². The molecule has 0 aliphatic heterocycles. The largest absolute Gasteiger partial charge is 0.492 e. The van der Waals surface area contributed by atoms with Crippen molar-refractivity contribution in [3.63, 3.8) is 0 Å². The van der Waals surface area contributed by atoms with Gasteiger partial charge in [-0.3, -0.25) is 9.48 Å². The van der Waals surface area contributed by atoms with Gasteiger partial charge in [-0.1, -0.05) is 24.2 Å². The Morgan fingerprint density at radius 1 is 1.30 bits per heavy atom. The molecule has 2 heterocycles. The zero-order chi connectivity index (χ0) is 19.4. The van der Waals surface area contributed by atoms with Gasteiger partial charge in [-0.05, 0) is 31.0 Å². The SMILES string of the molecule is CCc1ccc(OCCN(C)C(=O)c2cc(-c3cnn(C)c3C)on2)cc1. The highest BCUT2D eigenvalue weighted by atomic mass is 16.5. The van der Waals surface area contributed by atoms with Crippen LogP contribution < -0.4 is 4.74 Å². The van der Waals surface area contributed by atoms with Crippen LogP contribution in [-0.4, -0.2) is 45.9 Å². The van der Waals surface area contributed by atoms with Crippen LogP contribution >= 0.6 is 0 Å². The number of aromatic nitrogens is 3. The van der Waals surface area contributed by atoms with Crippen molar-refractivity contribution in [1.82, 2.24) is 19.8 Å². The highest BCUT2D eigenvalue weighted by molar-refractivity contribution is 5.93. The van der Waals surface area contributed by atoms with Gasteiger partial charge in [-0.25, -0.2) is 0 Å². The lowest BCUT2D eigenvalue weighted by molar-refractivity contribution is 0.0763. The number of carbonyl (C=O) groups excluding carboxylic acids is 1. The molecule has 2 aromatic heterocycles. The topological polar surface area (TPSA) is 73.4 Å². The minimum absolute atomic E-state index is 0.212. The second-order valence-electron chi connectivity index (χ2n) is 6.42. The molecule has 0 aliphatic carbocycles. The zero-order valence-corrected chi connectivity index (χ0v) is 16.1. The maximum atomic E-state index is 12.5. The Bertz CT molecular complexity index is 912. The van der Waals surface area contributed by atoms with Gasteiger partial charge in [0.1, 0.15) is 12.4 Å². The lowest BCUT2D eigenvalue weighted by Gasteiger charge is -2.16. The Balaban J connectivity index is 1.56. The van der Waals surface area contributed by atoms with Gasteiger partial charge in [0, 0.05) is 25.9 Å². The van der Waals surface area contributed by atoms with Crippen LogP contribution in [0.15, 0.2) is 41.1 Å². The van der Waals surface area contributed by atoms with E-state index in [9.17, 15) is 4.79 Å². The first-order chi connectivity index (χ1) is 13.0. The Morgan fingerprint density at radius 3 is 2.67 bits per heavy atom. The summed E-state index contributed by atoms with van der Waals surface area (Å²) in [5.74, 6) is 1.12. The van der Waals surface area contributed by atoms with Crippen molar-refractivity contribution in [2.45, 2.75) is 20.3 Å². The second kappa shape index (κ2) is 8.07. The molecule has 3 aromatic rings. The van der Waals surface area contributed by atoms with E-state index in [4.69, 9.17) is 9.26 Å². The molecule has 0 fully saturated rings. The van der Waals surface area contributed by atoms with Gasteiger partial charge in [-0.15, -0.1) is 0 Å². The number of nitrogens with zero attached hydrogens (tertiary/aromatic N) is 4. The molecule has 7 nitrogen and oxygen atoms in total. The fourth-order valence-corrected chi connectivity index (χ4v) is 2.66. The van der Waals surface area contributed by atoms with Crippen molar-refractivity contribution in [3.8, 4) is 17.1 Å². The molecule has 0 N–H and O–H groups in total. The highest BCUT2D eigenvalue weighted by Gasteiger charge is 2.19. The van der Waals surface area contributed by atoms with E-state index in [0.717, 1.165) is 23.4 Å². The maximum absolute atomic E-state index is 12.5. The molecule has 0 unspecified atom stereocenters. The van der Waals surface area contributed by atoms with Crippen molar-refractivity contribution in [3.05, 3.63) is 53.5 Å². The van der Waals surface area contributed by atoms with E-state index >= 15 is 0 Å². The van der Waals surface area contributed by atoms with Gasteiger partial charge in [0.05, 0.1) is 18.3 Å². The number of benzene rings is 1. The summed E-state index contributed by atoms with van der Waals surface area (Å²) in [6, 6.07) is 9.62. The van der Waals surface area contributed by atoms with Gasteiger partial charge in [0.25, 0.3) is 5.91 Å². The van der Waals surface area contributed by atoms with E-state index in [1.807, 2.05) is 38.2 Å². The standard InChI is InChI=1S/C20H24N4O3/c1-5-15-6-8-16(9-7-15)26-11-10-23(3)20(25)18-12-19(27-22-18)17-13-21-24(4)14(17)2/h6-9,12-13H,5,10-11H2,1-4H3. The molecule has 0 saturated heterocycles. The van der Waals surface area contributed by atoms with Crippen LogP contribution in [0.1, 0.15) is 28.7 Å². The van der Waals surface area contributed by atoms with Crippen LogP contribution in [-0.2, 0) is 13.5 Å². The van der Waals surface area contributed by atoms with Crippen LogP contribution in [0.4, 0.5) is 0 Å². The molecule has 7 heteroatoms. The Labute approximate surface area is 158 Å². The Morgan fingerprint density at radius 2 is 2.04 bits per heavy atom. The molecular weight excluding hydrogens is 344 g/mol. The molecule has 1 aromatic carbocycles. The van der Waals surface area contributed by atoms with Gasteiger partial charge in [0.2, 0.25) is 0 Å². The molecule has 3 rings (SSSR count). The molecule has 1 amide bonds. The number of rotatable bonds is 7. The van der Waals surface area contributed by atoms with E-state index in [1.165, 1.54) is 5.56 Å². The minimum Gasteiger partial charge on any atom is -0.492 e. The zero-order valence-electron chi connectivity index (χ0n) is 16.1. The number of hydrogen-bond acceptors (Lipinski definition) is 5. The summed E-state index contributed by atoms with van der Waals surface area (Å²) in [7, 11) is 3.57. The maximum Gasteiger partial charge on any atom is 0.275 e. The first-order valence-electron chi connectivity index (χ1n) is 8.92. The number of aryl methyl sites for hydroxylation is 2. The summed E-state index contributed by atoms with van der Waals surface area (Å²) >= 11 is 0. The minimum atomic E-state index is -0.212. The summed E-state index contributed by atoms with van der Waals surface area (Å²) in [5.41, 5.74) is 3.30. The van der Waals surface area contributed by atoms with E-state index < -0.39 is 0 Å². The van der Waals surface area contributed by atoms with Crippen molar-refractivity contribution in [1.29, 1.82) is 0 Å². The predicted octanol–water partition coefficient (Wildman–Crippen LogP) is 3.10. The van der Waals surface area contributed by atoms with Crippen LogP contribution in [0.2, 0.25) is 0 Å². The average molecular weight is 368 g/mol. The number of ether oxygens (including phenoxy) is 1. The average Bonchev–Trinajstić information content (AvgIpc) is 3.29. The summed E-state index contributed by atoms with van der Waals surface area (Å²) in [6.07, 6.45) is 2.70. The Kier molecular flexibility index (Phi) is 5.59. The quantitative estimate of drug-likeness (QED) is 0.641.